The van der Waals surface area contributed by atoms with E-state index in [0.29, 0.717) is 11.4 Å². The lowest BCUT2D eigenvalue weighted by Crippen LogP contribution is -2.12. The van der Waals surface area contributed by atoms with Crippen molar-refractivity contribution in [2.24, 2.45) is 0 Å². The van der Waals surface area contributed by atoms with Gasteiger partial charge in [-0.1, -0.05) is 6.07 Å². The quantitative estimate of drug-likeness (QED) is 0.210. The molecule has 0 bridgehead atoms. The van der Waals surface area contributed by atoms with Gasteiger partial charge in [0.2, 0.25) is 0 Å². The molecule has 1 N–H and O–H groups in total. The number of fused-ring (bicyclic) bond motifs is 1. The second-order valence-corrected chi connectivity index (χ2v) is 9.34. The molecule has 1 amide bonds. The second-order valence-electron chi connectivity index (χ2n) is 9.34. The van der Waals surface area contributed by atoms with E-state index in [1.54, 1.807) is 16.8 Å². The molecule has 0 atom stereocenters. The highest BCUT2D eigenvalue weighted by atomic mass is 16.6. The summed E-state index contributed by atoms with van der Waals surface area (Å²) in [5.41, 5.74) is 5.98. The Morgan fingerprint density at radius 3 is 2.64 bits per heavy atom. The van der Waals surface area contributed by atoms with Crippen LogP contribution in [0.3, 0.4) is 0 Å². The number of nitrogens with one attached hydrogen (secondary N) is 1. The van der Waals surface area contributed by atoms with Crippen LogP contribution in [-0.4, -0.2) is 35.2 Å². The molecular formula is C28H27N7O4. The van der Waals surface area contributed by atoms with Crippen LogP contribution in [0, 0.1) is 37.8 Å². The number of nitrogens with zero attached hydrogens (tertiary/aromatic N) is 6. The van der Waals surface area contributed by atoms with E-state index in [9.17, 15) is 14.9 Å². The molecule has 39 heavy (non-hydrogen) atoms. The number of benzene rings is 2. The van der Waals surface area contributed by atoms with E-state index < -0.39 is 10.8 Å². The number of hydrogen-bond donors (Lipinski definition) is 1. The predicted octanol–water partition coefficient (Wildman–Crippen LogP) is 5.80. The van der Waals surface area contributed by atoms with Crippen LogP contribution in [0.1, 0.15) is 39.7 Å². The van der Waals surface area contributed by atoms with Gasteiger partial charge in [0.05, 0.1) is 34.3 Å². The van der Waals surface area contributed by atoms with E-state index in [0.717, 1.165) is 40.2 Å². The Morgan fingerprint density at radius 2 is 1.92 bits per heavy atom. The zero-order valence-electron chi connectivity index (χ0n) is 22.2. The minimum atomic E-state index is -0.529. The van der Waals surface area contributed by atoms with Crippen molar-refractivity contribution in [3.8, 4) is 22.8 Å². The summed E-state index contributed by atoms with van der Waals surface area (Å²) in [4.78, 5) is 28.8. The van der Waals surface area contributed by atoms with Gasteiger partial charge in [-0.25, -0.2) is 9.50 Å². The highest BCUT2D eigenvalue weighted by Gasteiger charge is 2.20. The number of aryl methyl sites for hydroxylation is 4. The van der Waals surface area contributed by atoms with E-state index in [1.807, 2.05) is 63.7 Å². The van der Waals surface area contributed by atoms with Crippen molar-refractivity contribution in [1.82, 2.24) is 24.4 Å². The molecular weight excluding hydrogens is 498 g/mol. The zero-order chi connectivity index (χ0) is 27.8. The monoisotopic (exact) mass is 525 g/mol. The van der Waals surface area contributed by atoms with Crippen LogP contribution < -0.4 is 10.1 Å². The summed E-state index contributed by atoms with van der Waals surface area (Å²) in [6, 6.07) is 9.88. The van der Waals surface area contributed by atoms with Crippen LogP contribution >= 0.6 is 0 Å². The maximum absolute atomic E-state index is 13.3. The second kappa shape index (κ2) is 10.0. The average Bonchev–Trinajstić information content (AvgIpc) is 3.50. The molecule has 11 heteroatoms. The number of non-ortho nitro benzene ring substituents is 1. The Morgan fingerprint density at radius 1 is 1.13 bits per heavy atom. The fraction of sp³-hybridized carbons (Fsp3) is 0.214. The van der Waals surface area contributed by atoms with Crippen molar-refractivity contribution < 1.29 is 14.5 Å². The van der Waals surface area contributed by atoms with E-state index in [4.69, 9.17) is 4.74 Å². The molecule has 0 aliphatic heterocycles. The van der Waals surface area contributed by atoms with Gasteiger partial charge in [-0.15, -0.1) is 0 Å². The molecule has 0 radical (unpaired) electrons. The predicted molar refractivity (Wildman–Crippen MR) is 146 cm³/mol. The van der Waals surface area contributed by atoms with Crippen LogP contribution in [0.25, 0.3) is 16.9 Å². The number of ether oxygens (including phenoxy) is 1. The molecule has 11 nitrogen and oxygen atoms in total. The van der Waals surface area contributed by atoms with Crippen molar-refractivity contribution >= 4 is 22.9 Å². The molecule has 5 aromatic rings. The third-order valence-corrected chi connectivity index (χ3v) is 6.54. The summed E-state index contributed by atoms with van der Waals surface area (Å²) in [7, 11) is 0. The van der Waals surface area contributed by atoms with Gasteiger partial charge < -0.3 is 10.1 Å². The molecule has 0 saturated carbocycles. The van der Waals surface area contributed by atoms with Gasteiger partial charge in [0.1, 0.15) is 17.1 Å². The maximum atomic E-state index is 13.3. The minimum absolute atomic E-state index is 0.210. The number of aromatic nitrogens is 5. The summed E-state index contributed by atoms with van der Waals surface area (Å²) in [5.74, 6) is 0.312. The van der Waals surface area contributed by atoms with Crippen LogP contribution in [0.2, 0.25) is 0 Å². The van der Waals surface area contributed by atoms with Gasteiger partial charge >= 0.3 is 0 Å². The normalized spacial score (nSPS) is 11.1. The van der Waals surface area contributed by atoms with E-state index in [-0.39, 0.29) is 22.7 Å². The number of hydrogen-bond acceptors (Lipinski definition) is 7. The summed E-state index contributed by atoms with van der Waals surface area (Å²) >= 11 is 0. The fourth-order valence-corrected chi connectivity index (χ4v) is 4.44. The lowest BCUT2D eigenvalue weighted by Gasteiger charge is -2.13. The van der Waals surface area contributed by atoms with Crippen LogP contribution in [0.5, 0.6) is 11.5 Å². The first-order chi connectivity index (χ1) is 18.6. The number of nitro groups is 1. The Balaban J connectivity index is 1.48. The highest BCUT2D eigenvalue weighted by Crippen LogP contribution is 2.33. The number of rotatable bonds is 7. The third-order valence-electron chi connectivity index (χ3n) is 6.54. The highest BCUT2D eigenvalue weighted by molar-refractivity contribution is 6.08. The molecule has 0 fully saturated rings. The van der Waals surface area contributed by atoms with E-state index >= 15 is 0 Å². The topological polar surface area (TPSA) is 129 Å². The number of carbonyl (C=O) groups is 1. The smallest absolute Gasteiger partial charge is 0.275 e. The first-order valence-corrected chi connectivity index (χ1v) is 12.4. The standard InChI is InChI=1S/C28H27N7O4/c1-6-33-15-24(19(5)32-33)25-7-8-29-27-23(14-30-34(25)27)28(36)31-20-11-21(35(37)38)13-22(12-20)39-26-10-16(2)9-17(3)18(26)4/h7-15H,6H2,1-5H3,(H,31,36). The first kappa shape index (κ1) is 25.6. The maximum Gasteiger partial charge on any atom is 0.275 e. The zero-order valence-corrected chi connectivity index (χ0v) is 22.2. The molecule has 5 rings (SSSR count). The van der Waals surface area contributed by atoms with Gasteiger partial charge in [-0.2, -0.15) is 10.2 Å². The van der Waals surface area contributed by atoms with Crippen molar-refractivity contribution in [2.45, 2.75) is 41.2 Å². The Hall–Kier alpha value is -5.06. The largest absolute Gasteiger partial charge is 0.457 e. The Labute approximate surface area is 224 Å². The third kappa shape index (κ3) is 4.93. The van der Waals surface area contributed by atoms with Gasteiger partial charge in [0, 0.05) is 36.6 Å². The molecule has 2 aromatic carbocycles. The average molecular weight is 526 g/mol. The Kier molecular flexibility index (Phi) is 6.57. The van der Waals surface area contributed by atoms with Crippen LogP contribution in [0.15, 0.2) is 55.0 Å². The minimum Gasteiger partial charge on any atom is -0.457 e. The Bertz CT molecular complexity index is 1750. The van der Waals surface area contributed by atoms with Gasteiger partial charge in [-0.05, 0) is 63.4 Å². The number of carbonyl (C=O) groups excluding carboxylic acids is 1. The van der Waals surface area contributed by atoms with Gasteiger partial charge in [0.15, 0.2) is 5.65 Å². The molecule has 0 aliphatic carbocycles. The molecule has 3 aromatic heterocycles. The van der Waals surface area contributed by atoms with Crippen molar-refractivity contribution in [3.05, 3.63) is 93.1 Å². The van der Waals surface area contributed by atoms with Crippen LogP contribution in [0.4, 0.5) is 11.4 Å². The SMILES string of the molecule is CCn1cc(-c2ccnc3c(C(=O)Nc4cc(Oc5cc(C)cc(C)c5C)cc([N+](=O)[O-])c4)cnn23)c(C)n1. The van der Waals surface area contributed by atoms with E-state index in [1.165, 1.54) is 18.3 Å². The van der Waals surface area contributed by atoms with Gasteiger partial charge in [-0.3, -0.25) is 19.6 Å². The lowest BCUT2D eigenvalue weighted by molar-refractivity contribution is -0.384. The molecule has 0 unspecified atom stereocenters. The number of amides is 1. The lowest BCUT2D eigenvalue weighted by atomic mass is 10.1. The number of anilines is 1. The molecule has 0 aliphatic rings. The molecule has 3 heterocycles. The molecule has 0 saturated heterocycles. The molecule has 198 valence electrons. The fourth-order valence-electron chi connectivity index (χ4n) is 4.44. The summed E-state index contributed by atoms with van der Waals surface area (Å²) in [5, 5.41) is 23.3. The van der Waals surface area contributed by atoms with Crippen molar-refractivity contribution in [2.75, 3.05) is 5.32 Å². The summed E-state index contributed by atoms with van der Waals surface area (Å²) in [6.07, 6.45) is 4.96. The summed E-state index contributed by atoms with van der Waals surface area (Å²) < 4.78 is 9.46. The van der Waals surface area contributed by atoms with E-state index in [2.05, 4.69) is 20.5 Å². The first-order valence-electron chi connectivity index (χ1n) is 12.4. The summed E-state index contributed by atoms with van der Waals surface area (Å²) in [6.45, 7) is 10.5. The number of nitro benzene ring substituents is 1. The van der Waals surface area contributed by atoms with Crippen LogP contribution in [-0.2, 0) is 6.54 Å². The molecule has 0 spiro atoms. The van der Waals surface area contributed by atoms with Crippen molar-refractivity contribution in [3.63, 3.8) is 0 Å². The van der Waals surface area contributed by atoms with Crippen molar-refractivity contribution in [1.29, 1.82) is 0 Å². The van der Waals surface area contributed by atoms with Gasteiger partial charge in [0.25, 0.3) is 11.6 Å².